The van der Waals surface area contributed by atoms with E-state index >= 15 is 0 Å². The molecule has 1 aromatic carbocycles. The lowest BCUT2D eigenvalue weighted by Gasteiger charge is -2.30. The van der Waals surface area contributed by atoms with E-state index in [9.17, 15) is 24.5 Å². The number of morpholine rings is 1. The first-order valence-corrected chi connectivity index (χ1v) is 11.9. The van der Waals surface area contributed by atoms with Crippen LogP contribution in [-0.2, 0) is 14.3 Å². The Morgan fingerprint density at radius 3 is 2.45 bits per heavy atom. The van der Waals surface area contributed by atoms with E-state index in [0.29, 0.717) is 45.0 Å². The van der Waals surface area contributed by atoms with Crippen LogP contribution in [0.15, 0.2) is 23.1 Å². The SMILES string of the molecule is O=C(CN1C(=O)SC(=Cc2cc([N+](=O)[O-])ccc2N2CCOCC2)C1=O)N1CCCCCC1. The van der Waals surface area contributed by atoms with Crippen molar-refractivity contribution in [3.05, 3.63) is 38.8 Å². The van der Waals surface area contributed by atoms with Gasteiger partial charge in [0.1, 0.15) is 6.54 Å². The Morgan fingerprint density at radius 2 is 1.79 bits per heavy atom. The van der Waals surface area contributed by atoms with Gasteiger partial charge in [-0.25, -0.2) is 0 Å². The second-order valence-electron chi connectivity index (χ2n) is 8.16. The summed E-state index contributed by atoms with van der Waals surface area (Å²) in [6.07, 6.45) is 5.50. The summed E-state index contributed by atoms with van der Waals surface area (Å²) in [5.41, 5.74) is 1.11. The predicted molar refractivity (Wildman–Crippen MR) is 124 cm³/mol. The average molecular weight is 475 g/mol. The number of nitro benzene ring substituents is 1. The molecule has 0 aliphatic carbocycles. The van der Waals surface area contributed by atoms with Crippen molar-refractivity contribution in [1.82, 2.24) is 9.80 Å². The first-order valence-electron chi connectivity index (χ1n) is 11.1. The molecule has 0 saturated carbocycles. The number of hydrogen-bond donors (Lipinski definition) is 0. The van der Waals surface area contributed by atoms with E-state index in [1.54, 1.807) is 11.0 Å². The van der Waals surface area contributed by atoms with Crippen molar-refractivity contribution in [2.75, 3.05) is 50.8 Å². The molecule has 33 heavy (non-hydrogen) atoms. The maximum atomic E-state index is 13.0. The van der Waals surface area contributed by atoms with E-state index in [2.05, 4.69) is 0 Å². The van der Waals surface area contributed by atoms with Gasteiger partial charge in [-0.1, -0.05) is 12.8 Å². The quantitative estimate of drug-likeness (QED) is 0.364. The predicted octanol–water partition coefficient (Wildman–Crippen LogP) is 2.87. The monoisotopic (exact) mass is 474 g/mol. The van der Waals surface area contributed by atoms with Crippen molar-refractivity contribution >= 4 is 46.3 Å². The summed E-state index contributed by atoms with van der Waals surface area (Å²) in [5, 5.41) is 10.8. The molecule has 0 aromatic heterocycles. The highest BCUT2D eigenvalue weighted by atomic mass is 32.2. The smallest absolute Gasteiger partial charge is 0.294 e. The number of rotatable bonds is 5. The molecule has 0 N–H and O–H groups in total. The molecule has 4 rings (SSSR count). The lowest BCUT2D eigenvalue weighted by Crippen LogP contribution is -2.42. The van der Waals surface area contributed by atoms with Crippen LogP contribution in [0, 0.1) is 10.1 Å². The van der Waals surface area contributed by atoms with Crippen LogP contribution in [0.25, 0.3) is 6.08 Å². The molecule has 0 spiro atoms. The van der Waals surface area contributed by atoms with Gasteiger partial charge in [0.05, 0.1) is 23.0 Å². The topological polar surface area (TPSA) is 113 Å². The number of hydrogen-bond acceptors (Lipinski definition) is 8. The highest BCUT2D eigenvalue weighted by Crippen LogP contribution is 2.35. The van der Waals surface area contributed by atoms with Crippen LogP contribution in [-0.4, -0.2) is 77.7 Å². The van der Waals surface area contributed by atoms with E-state index < -0.39 is 16.1 Å². The number of anilines is 1. The molecule has 3 heterocycles. The van der Waals surface area contributed by atoms with Crippen molar-refractivity contribution in [3.8, 4) is 0 Å². The van der Waals surface area contributed by atoms with Crippen LogP contribution in [0.5, 0.6) is 0 Å². The van der Waals surface area contributed by atoms with Crippen LogP contribution in [0.3, 0.4) is 0 Å². The molecule has 11 heteroatoms. The van der Waals surface area contributed by atoms with E-state index in [1.807, 2.05) is 4.90 Å². The standard InChI is InChI=1S/C22H26N4O6S/c27-20(24-7-3-1-2-4-8-24)15-25-21(28)19(33-22(25)29)14-16-13-17(26(30)31)5-6-18(16)23-9-11-32-12-10-23/h5-6,13-14H,1-4,7-12,15H2. The molecule has 3 fully saturated rings. The first kappa shape index (κ1) is 23.2. The number of likely N-dealkylation sites (tertiary alicyclic amines) is 1. The number of carbonyl (C=O) groups is 3. The van der Waals surface area contributed by atoms with Crippen molar-refractivity contribution in [2.24, 2.45) is 0 Å². The zero-order valence-corrected chi connectivity index (χ0v) is 19.1. The molecule has 10 nitrogen and oxygen atoms in total. The normalized spacial score (nSPS) is 21.0. The van der Waals surface area contributed by atoms with Crippen molar-refractivity contribution < 1.29 is 24.0 Å². The summed E-state index contributed by atoms with van der Waals surface area (Å²) >= 11 is 0.754. The van der Waals surface area contributed by atoms with Gasteiger partial charge in [-0.15, -0.1) is 0 Å². The molecule has 176 valence electrons. The number of benzene rings is 1. The number of non-ortho nitro benzene ring substituents is 1. The van der Waals surface area contributed by atoms with Gasteiger partial charge < -0.3 is 14.5 Å². The summed E-state index contributed by atoms with van der Waals surface area (Å²) in [6.45, 7) is 3.29. The molecule has 0 bridgehead atoms. The molecule has 3 amide bonds. The number of thioether (sulfide) groups is 1. The lowest BCUT2D eigenvalue weighted by atomic mass is 10.1. The van der Waals surface area contributed by atoms with Gasteiger partial charge in [0.15, 0.2) is 0 Å². The Kier molecular flexibility index (Phi) is 7.29. The minimum atomic E-state index is -0.549. The van der Waals surface area contributed by atoms with Gasteiger partial charge in [0, 0.05) is 49.6 Å². The van der Waals surface area contributed by atoms with E-state index in [4.69, 9.17) is 4.74 Å². The summed E-state index contributed by atoms with van der Waals surface area (Å²) in [5.74, 6) is -0.780. The van der Waals surface area contributed by atoms with E-state index in [1.165, 1.54) is 18.2 Å². The molecular weight excluding hydrogens is 448 g/mol. The molecule has 1 aromatic rings. The number of amides is 3. The zero-order valence-electron chi connectivity index (χ0n) is 18.2. The molecule has 3 aliphatic heterocycles. The third-order valence-corrected chi connectivity index (χ3v) is 6.89. The second-order valence-corrected chi connectivity index (χ2v) is 9.16. The fourth-order valence-electron chi connectivity index (χ4n) is 4.20. The Hall–Kier alpha value is -2.92. The third-order valence-electron chi connectivity index (χ3n) is 5.99. The summed E-state index contributed by atoms with van der Waals surface area (Å²) < 4.78 is 5.39. The minimum absolute atomic E-state index is 0.103. The van der Waals surface area contributed by atoms with Gasteiger partial charge in [0.2, 0.25) is 5.91 Å². The van der Waals surface area contributed by atoms with Gasteiger partial charge in [-0.3, -0.25) is 29.4 Å². The van der Waals surface area contributed by atoms with Gasteiger partial charge >= 0.3 is 0 Å². The number of nitrogens with zero attached hydrogens (tertiary/aromatic N) is 4. The zero-order chi connectivity index (χ0) is 23.4. The van der Waals surface area contributed by atoms with Crippen LogP contribution in [0.4, 0.5) is 16.2 Å². The largest absolute Gasteiger partial charge is 0.378 e. The molecular formula is C22H26N4O6S. The number of imide groups is 1. The summed E-state index contributed by atoms with van der Waals surface area (Å²) in [4.78, 5) is 53.9. The Labute approximate surface area is 195 Å². The highest BCUT2D eigenvalue weighted by molar-refractivity contribution is 8.18. The van der Waals surface area contributed by atoms with Crippen LogP contribution >= 0.6 is 11.8 Å². The maximum absolute atomic E-state index is 13.0. The second kappa shape index (κ2) is 10.3. The third kappa shape index (κ3) is 5.36. The fourth-order valence-corrected chi connectivity index (χ4v) is 5.03. The molecule has 3 aliphatic rings. The van der Waals surface area contributed by atoms with Gasteiger partial charge in [-0.2, -0.15) is 0 Å². The van der Waals surface area contributed by atoms with Crippen LogP contribution in [0.1, 0.15) is 31.2 Å². The first-order chi connectivity index (χ1) is 15.9. The fraction of sp³-hybridized carbons (Fsp3) is 0.500. The van der Waals surface area contributed by atoms with E-state index in [-0.39, 0.29) is 23.0 Å². The minimum Gasteiger partial charge on any atom is -0.378 e. The maximum Gasteiger partial charge on any atom is 0.294 e. The lowest BCUT2D eigenvalue weighted by molar-refractivity contribution is -0.384. The molecule has 3 saturated heterocycles. The van der Waals surface area contributed by atoms with E-state index in [0.717, 1.165) is 48.0 Å². The van der Waals surface area contributed by atoms with Crippen molar-refractivity contribution in [3.63, 3.8) is 0 Å². The average Bonchev–Trinajstić information content (AvgIpc) is 3.00. The number of nitro groups is 1. The van der Waals surface area contributed by atoms with Crippen LogP contribution < -0.4 is 4.90 Å². The molecule has 0 radical (unpaired) electrons. The molecule has 0 atom stereocenters. The van der Waals surface area contributed by atoms with Crippen molar-refractivity contribution in [1.29, 1.82) is 0 Å². The van der Waals surface area contributed by atoms with Crippen LogP contribution in [0.2, 0.25) is 0 Å². The Balaban J connectivity index is 1.56. The van der Waals surface area contributed by atoms with Crippen molar-refractivity contribution in [2.45, 2.75) is 25.7 Å². The van der Waals surface area contributed by atoms with Gasteiger partial charge in [0.25, 0.3) is 16.8 Å². The Bertz CT molecular complexity index is 983. The highest BCUT2D eigenvalue weighted by Gasteiger charge is 2.37. The summed E-state index contributed by atoms with van der Waals surface area (Å²) in [6, 6.07) is 4.48. The molecule has 0 unspecified atom stereocenters. The Morgan fingerprint density at radius 1 is 1.09 bits per heavy atom. The summed E-state index contributed by atoms with van der Waals surface area (Å²) in [7, 11) is 0. The number of carbonyl (C=O) groups excluding carboxylic acids is 3. The van der Waals surface area contributed by atoms with Gasteiger partial charge in [-0.05, 0) is 36.7 Å². The number of ether oxygens (including phenoxy) is 1.